The molecule has 0 radical (unpaired) electrons. The third-order valence-electron chi connectivity index (χ3n) is 4.76. The average Bonchev–Trinajstić information content (AvgIpc) is 2.73. The molecule has 1 aliphatic heterocycles. The lowest BCUT2D eigenvalue weighted by Crippen LogP contribution is -2.59. The van der Waals surface area contributed by atoms with Crippen LogP contribution < -0.4 is 0 Å². The first-order chi connectivity index (χ1) is 14.7. The van der Waals surface area contributed by atoms with Crippen LogP contribution in [0.5, 0.6) is 11.5 Å². The lowest BCUT2D eigenvalue weighted by atomic mass is 9.88. The van der Waals surface area contributed by atoms with Gasteiger partial charge in [0.25, 0.3) is 0 Å². The van der Waals surface area contributed by atoms with Gasteiger partial charge in [0.15, 0.2) is 17.8 Å². The van der Waals surface area contributed by atoms with Crippen LogP contribution in [0.25, 0.3) is 6.08 Å². The maximum absolute atomic E-state index is 11.8. The van der Waals surface area contributed by atoms with Gasteiger partial charge < -0.3 is 39.7 Å². The van der Waals surface area contributed by atoms with Crippen molar-refractivity contribution in [3.05, 3.63) is 41.5 Å². The Balaban J connectivity index is 1.82. The van der Waals surface area contributed by atoms with Gasteiger partial charge in [0.05, 0.1) is 31.0 Å². The van der Waals surface area contributed by atoms with Crippen LogP contribution in [0.2, 0.25) is 0 Å². The van der Waals surface area contributed by atoms with E-state index in [4.69, 9.17) is 19.5 Å². The van der Waals surface area contributed by atoms with Gasteiger partial charge in [0, 0.05) is 12.5 Å². The molecule has 10 heteroatoms. The van der Waals surface area contributed by atoms with Crippen LogP contribution in [0.1, 0.15) is 18.9 Å². The summed E-state index contributed by atoms with van der Waals surface area (Å²) in [5, 5.41) is 57.2. The summed E-state index contributed by atoms with van der Waals surface area (Å²) in [5.41, 5.74) is -1.03. The number of esters is 1. The zero-order chi connectivity index (χ0) is 23.0. The molecule has 1 heterocycles. The number of aliphatic hydroxyl groups excluding tert-OH is 2. The number of carbonyl (C=O) groups is 1. The number of carbonyl (C=O) groups excluding carboxylic acids is 1. The fourth-order valence-electron chi connectivity index (χ4n) is 2.75. The highest BCUT2D eigenvalue weighted by Crippen LogP contribution is 2.29. The van der Waals surface area contributed by atoms with E-state index in [1.54, 1.807) is 0 Å². The fraction of sp³-hybridized carbons (Fsp3) is 0.429. The molecule has 0 spiro atoms. The smallest absolute Gasteiger partial charge is 0.331 e. The number of nitriles is 1. The predicted molar refractivity (Wildman–Crippen MR) is 106 cm³/mol. The molecule has 2 rings (SSSR count). The minimum Gasteiger partial charge on any atom is -0.504 e. The zero-order valence-corrected chi connectivity index (χ0v) is 16.8. The number of rotatable bonds is 8. The van der Waals surface area contributed by atoms with Crippen LogP contribution in [-0.4, -0.2) is 75.4 Å². The van der Waals surface area contributed by atoms with Gasteiger partial charge in [-0.05, 0) is 36.8 Å². The van der Waals surface area contributed by atoms with Crippen molar-refractivity contribution < 1.29 is 44.5 Å². The quantitative estimate of drug-likeness (QED) is 0.166. The first-order valence-electron chi connectivity index (χ1n) is 9.41. The molecule has 0 aliphatic carbocycles. The number of aliphatic hydroxyl groups is 3. The van der Waals surface area contributed by atoms with Crippen LogP contribution in [0.4, 0.5) is 0 Å². The molecule has 1 aliphatic rings. The first kappa shape index (κ1) is 24.3. The van der Waals surface area contributed by atoms with Gasteiger partial charge in [-0.2, -0.15) is 5.26 Å². The highest BCUT2D eigenvalue weighted by atomic mass is 16.7. The van der Waals surface area contributed by atoms with Crippen molar-refractivity contribution in [1.29, 1.82) is 5.26 Å². The maximum Gasteiger partial charge on any atom is 0.331 e. The minimum absolute atomic E-state index is 0.0220. The Labute approximate surface area is 178 Å². The van der Waals surface area contributed by atoms with E-state index < -0.39 is 36.7 Å². The topological polar surface area (TPSA) is 170 Å². The SMILES string of the molecule is CC1(O)C(O)CC(OCC=C(C#N)COC(=O)C=Cc2ccc(O)c(O)c2)OC1CO. The summed E-state index contributed by atoms with van der Waals surface area (Å²) in [7, 11) is 0. The van der Waals surface area contributed by atoms with E-state index in [2.05, 4.69) is 0 Å². The molecule has 5 N–H and O–H groups in total. The average molecular weight is 435 g/mol. The summed E-state index contributed by atoms with van der Waals surface area (Å²) in [6.45, 7) is 0.471. The van der Waals surface area contributed by atoms with Gasteiger partial charge in [-0.1, -0.05) is 6.07 Å². The van der Waals surface area contributed by atoms with Crippen molar-refractivity contribution in [2.75, 3.05) is 19.8 Å². The van der Waals surface area contributed by atoms with Crippen molar-refractivity contribution in [3.8, 4) is 17.6 Å². The van der Waals surface area contributed by atoms with Gasteiger partial charge in [-0.25, -0.2) is 4.79 Å². The molecule has 10 nitrogen and oxygen atoms in total. The van der Waals surface area contributed by atoms with Crippen LogP contribution in [-0.2, 0) is 19.0 Å². The number of nitrogens with zero attached hydrogens (tertiary/aromatic N) is 1. The van der Waals surface area contributed by atoms with Crippen LogP contribution in [0, 0.1) is 11.3 Å². The highest BCUT2D eigenvalue weighted by Gasteiger charge is 2.46. The normalized spacial score (nSPS) is 26.5. The Morgan fingerprint density at radius 3 is 2.77 bits per heavy atom. The van der Waals surface area contributed by atoms with Crippen molar-refractivity contribution in [2.45, 2.75) is 37.4 Å². The standard InChI is InChI=1S/C21H25NO9/c1-21(28)17(26)9-20(31-18(21)11-23)29-7-6-14(10-22)12-30-19(27)5-3-13-2-4-15(24)16(25)8-13/h2-6,8,17-18,20,23-26,28H,7,9,11-12H2,1H3. The molecule has 0 amide bonds. The fourth-order valence-corrected chi connectivity index (χ4v) is 2.75. The maximum atomic E-state index is 11.8. The largest absolute Gasteiger partial charge is 0.504 e. The minimum atomic E-state index is -1.61. The Kier molecular flexibility index (Phi) is 8.56. The molecule has 0 saturated carbocycles. The number of phenolic OH excluding ortho intramolecular Hbond substituents is 2. The van der Waals surface area contributed by atoms with Crippen LogP contribution >= 0.6 is 0 Å². The van der Waals surface area contributed by atoms with E-state index in [-0.39, 0.29) is 36.7 Å². The number of hydrogen-bond acceptors (Lipinski definition) is 10. The summed E-state index contributed by atoms with van der Waals surface area (Å²) in [6, 6.07) is 5.90. The zero-order valence-electron chi connectivity index (χ0n) is 16.8. The van der Waals surface area contributed by atoms with Crippen molar-refractivity contribution in [2.24, 2.45) is 0 Å². The Hall–Kier alpha value is -2.94. The Morgan fingerprint density at radius 2 is 2.13 bits per heavy atom. The molecule has 0 aromatic heterocycles. The lowest BCUT2D eigenvalue weighted by Gasteiger charge is -2.43. The third kappa shape index (κ3) is 6.78. The van der Waals surface area contributed by atoms with E-state index in [9.17, 15) is 30.3 Å². The second kappa shape index (κ2) is 10.9. The molecule has 168 valence electrons. The second-order valence-electron chi connectivity index (χ2n) is 7.08. The lowest BCUT2D eigenvalue weighted by molar-refractivity contribution is -0.285. The summed E-state index contributed by atoms with van der Waals surface area (Å²) < 4.78 is 15.8. The van der Waals surface area contributed by atoms with Crippen molar-refractivity contribution in [1.82, 2.24) is 0 Å². The molecule has 1 fully saturated rings. The van der Waals surface area contributed by atoms with Gasteiger partial charge >= 0.3 is 5.97 Å². The molecule has 1 aromatic rings. The van der Waals surface area contributed by atoms with Gasteiger partial charge in [-0.15, -0.1) is 0 Å². The summed E-state index contributed by atoms with van der Waals surface area (Å²) in [6.07, 6.45) is 0.761. The number of aromatic hydroxyl groups is 2. The molecule has 4 unspecified atom stereocenters. The Bertz CT molecular complexity index is 872. The van der Waals surface area contributed by atoms with E-state index in [0.717, 1.165) is 6.08 Å². The van der Waals surface area contributed by atoms with E-state index in [1.165, 1.54) is 37.3 Å². The molecule has 0 bridgehead atoms. The monoisotopic (exact) mass is 435 g/mol. The highest BCUT2D eigenvalue weighted by molar-refractivity contribution is 5.87. The predicted octanol–water partition coefficient (Wildman–Crippen LogP) is 0.340. The second-order valence-corrected chi connectivity index (χ2v) is 7.08. The number of benzene rings is 1. The molecular weight excluding hydrogens is 410 g/mol. The number of hydrogen-bond donors (Lipinski definition) is 5. The Morgan fingerprint density at radius 1 is 1.39 bits per heavy atom. The van der Waals surface area contributed by atoms with Crippen molar-refractivity contribution in [3.63, 3.8) is 0 Å². The molecule has 31 heavy (non-hydrogen) atoms. The third-order valence-corrected chi connectivity index (χ3v) is 4.76. The van der Waals surface area contributed by atoms with Crippen molar-refractivity contribution >= 4 is 12.0 Å². The molecule has 1 saturated heterocycles. The van der Waals surface area contributed by atoms with Crippen LogP contribution in [0.15, 0.2) is 35.9 Å². The van der Waals surface area contributed by atoms with E-state index in [1.807, 2.05) is 6.07 Å². The molecular formula is C21H25NO9. The van der Waals surface area contributed by atoms with Gasteiger partial charge in [0.2, 0.25) is 0 Å². The number of phenols is 2. The van der Waals surface area contributed by atoms with Gasteiger partial charge in [-0.3, -0.25) is 0 Å². The molecule has 1 aromatic carbocycles. The summed E-state index contributed by atoms with van der Waals surface area (Å²) in [5.74, 6) is -1.33. The summed E-state index contributed by atoms with van der Waals surface area (Å²) in [4.78, 5) is 11.8. The van der Waals surface area contributed by atoms with E-state index >= 15 is 0 Å². The molecule has 4 atom stereocenters. The number of ether oxygens (including phenoxy) is 3. The summed E-state index contributed by atoms with van der Waals surface area (Å²) >= 11 is 0. The van der Waals surface area contributed by atoms with E-state index in [0.29, 0.717) is 5.56 Å². The first-order valence-corrected chi connectivity index (χ1v) is 9.41. The van der Waals surface area contributed by atoms with Gasteiger partial charge in [0.1, 0.15) is 18.3 Å². The van der Waals surface area contributed by atoms with Crippen LogP contribution in [0.3, 0.4) is 0 Å².